The third kappa shape index (κ3) is 3.98. The van der Waals surface area contributed by atoms with Gasteiger partial charge in [-0.2, -0.15) is 13.2 Å². The van der Waals surface area contributed by atoms with Crippen LogP contribution in [0.15, 0.2) is 24.5 Å². The lowest BCUT2D eigenvalue weighted by Gasteiger charge is -2.16. The van der Waals surface area contributed by atoms with Crippen LogP contribution in [0, 0.1) is 5.82 Å². The topological polar surface area (TPSA) is 37.8 Å². The Labute approximate surface area is 123 Å². The molecule has 21 heavy (non-hydrogen) atoms. The second kappa shape index (κ2) is 6.48. The molecule has 0 aliphatic heterocycles. The largest absolute Gasteiger partial charge is 0.443 e. The van der Waals surface area contributed by atoms with E-state index in [1.165, 1.54) is 18.3 Å². The van der Waals surface area contributed by atoms with Gasteiger partial charge >= 0.3 is 6.18 Å². The first kappa shape index (κ1) is 15.8. The number of hydrogen-bond donors (Lipinski definition) is 1. The lowest BCUT2D eigenvalue weighted by atomic mass is 10.1. The number of nitrogens with zero attached hydrogens (tertiary/aromatic N) is 2. The van der Waals surface area contributed by atoms with Gasteiger partial charge in [0.25, 0.3) is 0 Å². The third-order valence-corrected chi connectivity index (χ3v) is 3.80. The van der Waals surface area contributed by atoms with E-state index in [0.29, 0.717) is 28.5 Å². The highest BCUT2D eigenvalue weighted by molar-refractivity contribution is 7.11. The third-order valence-electron chi connectivity index (χ3n) is 2.70. The molecule has 0 fully saturated rings. The number of nitrogens with one attached hydrogen (secondary N) is 1. The normalized spacial score (nSPS) is 13.4. The summed E-state index contributed by atoms with van der Waals surface area (Å²) in [5.41, 5.74) is 0.460. The summed E-state index contributed by atoms with van der Waals surface area (Å²) in [7, 11) is 0. The van der Waals surface area contributed by atoms with Gasteiger partial charge in [-0.1, -0.05) is 6.92 Å². The zero-order valence-corrected chi connectivity index (χ0v) is 11.9. The van der Waals surface area contributed by atoms with Crippen molar-refractivity contribution in [3.8, 4) is 0 Å². The number of hydrogen-bond acceptors (Lipinski definition) is 4. The summed E-state index contributed by atoms with van der Waals surface area (Å²) >= 11 is 0.565. The van der Waals surface area contributed by atoms with Crippen molar-refractivity contribution in [2.45, 2.75) is 25.6 Å². The zero-order valence-electron chi connectivity index (χ0n) is 11.1. The van der Waals surface area contributed by atoms with Crippen LogP contribution in [0.4, 0.5) is 17.6 Å². The molecule has 0 saturated carbocycles. The van der Waals surface area contributed by atoms with Crippen molar-refractivity contribution in [3.63, 3.8) is 0 Å². The molecule has 3 nitrogen and oxygen atoms in total. The molecule has 0 aromatic carbocycles. The van der Waals surface area contributed by atoms with Crippen LogP contribution in [-0.4, -0.2) is 16.5 Å². The molecule has 2 heterocycles. The van der Waals surface area contributed by atoms with E-state index >= 15 is 0 Å². The average Bonchev–Trinajstić information content (AvgIpc) is 2.91. The SMILES string of the molecule is CCCNC(c1ccc(F)cn1)c1cnc(C(F)(F)F)s1. The van der Waals surface area contributed by atoms with E-state index in [4.69, 9.17) is 0 Å². The minimum absolute atomic E-state index is 0.398. The second-order valence-corrected chi connectivity index (χ2v) is 5.42. The van der Waals surface area contributed by atoms with Crippen LogP contribution in [0.2, 0.25) is 0 Å². The van der Waals surface area contributed by atoms with Gasteiger partial charge in [0.2, 0.25) is 0 Å². The Morgan fingerprint density at radius 1 is 1.24 bits per heavy atom. The number of thiazole rings is 1. The quantitative estimate of drug-likeness (QED) is 0.852. The van der Waals surface area contributed by atoms with Crippen molar-refractivity contribution in [1.29, 1.82) is 0 Å². The molecule has 0 aliphatic carbocycles. The van der Waals surface area contributed by atoms with Crippen molar-refractivity contribution >= 4 is 11.3 Å². The van der Waals surface area contributed by atoms with E-state index in [9.17, 15) is 17.6 Å². The number of rotatable bonds is 5. The first-order valence-electron chi connectivity index (χ1n) is 6.29. The molecule has 0 radical (unpaired) electrons. The number of alkyl halides is 3. The predicted octanol–water partition coefficient (Wildman–Crippen LogP) is 3.79. The molecular formula is C13H13F4N3S. The monoisotopic (exact) mass is 319 g/mol. The summed E-state index contributed by atoms with van der Waals surface area (Å²) in [5, 5.41) is 2.20. The molecule has 0 spiro atoms. The Morgan fingerprint density at radius 2 is 2.00 bits per heavy atom. The van der Waals surface area contributed by atoms with Crippen LogP contribution in [0.3, 0.4) is 0 Å². The fraction of sp³-hybridized carbons (Fsp3) is 0.385. The molecule has 1 N–H and O–H groups in total. The standard InChI is InChI=1S/C13H13F4N3S/c1-2-5-18-11(9-4-3-8(14)6-19-9)10-7-20-12(21-10)13(15,16)17/h3-4,6-7,11,18H,2,5H2,1H3. The molecule has 0 aliphatic rings. The van der Waals surface area contributed by atoms with Crippen LogP contribution >= 0.6 is 11.3 Å². The van der Waals surface area contributed by atoms with E-state index in [-0.39, 0.29) is 0 Å². The first-order chi connectivity index (χ1) is 9.91. The highest BCUT2D eigenvalue weighted by atomic mass is 32.1. The van der Waals surface area contributed by atoms with E-state index in [1.54, 1.807) is 0 Å². The summed E-state index contributed by atoms with van der Waals surface area (Å²) in [6.45, 7) is 2.54. The van der Waals surface area contributed by atoms with Gasteiger partial charge in [-0.25, -0.2) is 9.37 Å². The molecule has 2 aromatic heterocycles. The number of pyridine rings is 1. The van der Waals surface area contributed by atoms with Gasteiger partial charge < -0.3 is 5.32 Å². The highest BCUT2D eigenvalue weighted by Gasteiger charge is 2.35. The van der Waals surface area contributed by atoms with E-state index in [2.05, 4.69) is 15.3 Å². The maximum Gasteiger partial charge on any atom is 0.443 e. The summed E-state index contributed by atoms with van der Waals surface area (Å²) in [5.74, 6) is -0.492. The molecule has 0 amide bonds. The fourth-order valence-corrected chi connectivity index (χ4v) is 2.62. The maximum absolute atomic E-state index is 12.9. The molecule has 1 unspecified atom stereocenters. The molecule has 8 heteroatoms. The Hall–Kier alpha value is -1.54. The Balaban J connectivity index is 2.31. The summed E-state index contributed by atoms with van der Waals surface area (Å²) in [4.78, 5) is 7.75. The first-order valence-corrected chi connectivity index (χ1v) is 7.11. The predicted molar refractivity (Wildman–Crippen MR) is 71.4 cm³/mol. The van der Waals surface area contributed by atoms with Gasteiger partial charge in [-0.3, -0.25) is 4.98 Å². The van der Waals surface area contributed by atoms with E-state index in [1.807, 2.05) is 6.92 Å². The summed E-state index contributed by atoms with van der Waals surface area (Å²) in [6, 6.07) is 2.16. The van der Waals surface area contributed by atoms with Gasteiger partial charge in [0, 0.05) is 11.1 Å². The van der Waals surface area contributed by atoms with Crippen LogP contribution in [0.5, 0.6) is 0 Å². The Morgan fingerprint density at radius 3 is 2.52 bits per heavy atom. The molecule has 2 rings (SSSR count). The highest BCUT2D eigenvalue weighted by Crippen LogP contribution is 2.35. The molecule has 0 saturated heterocycles. The average molecular weight is 319 g/mol. The molecule has 1 atom stereocenters. The lowest BCUT2D eigenvalue weighted by Crippen LogP contribution is -2.23. The summed E-state index contributed by atoms with van der Waals surface area (Å²) in [6.07, 6.45) is -1.43. The smallest absolute Gasteiger partial charge is 0.304 e. The van der Waals surface area contributed by atoms with Crippen LogP contribution in [-0.2, 0) is 6.18 Å². The van der Waals surface area contributed by atoms with Crippen molar-refractivity contribution in [3.05, 3.63) is 45.9 Å². The Bertz CT molecular complexity index is 580. The van der Waals surface area contributed by atoms with Crippen LogP contribution < -0.4 is 5.32 Å². The van der Waals surface area contributed by atoms with Crippen molar-refractivity contribution in [1.82, 2.24) is 15.3 Å². The fourth-order valence-electron chi connectivity index (χ4n) is 1.75. The summed E-state index contributed by atoms with van der Waals surface area (Å²) < 4.78 is 50.8. The van der Waals surface area contributed by atoms with E-state index in [0.717, 1.165) is 12.6 Å². The molecule has 2 aromatic rings. The zero-order chi connectivity index (χ0) is 15.5. The van der Waals surface area contributed by atoms with Crippen LogP contribution in [0.1, 0.15) is 35.0 Å². The lowest BCUT2D eigenvalue weighted by molar-refractivity contribution is -0.137. The van der Waals surface area contributed by atoms with Crippen LogP contribution in [0.25, 0.3) is 0 Å². The van der Waals surface area contributed by atoms with Gasteiger partial charge in [0.05, 0.1) is 17.9 Å². The molecule has 0 bridgehead atoms. The van der Waals surface area contributed by atoms with Gasteiger partial charge in [0.15, 0.2) is 5.01 Å². The van der Waals surface area contributed by atoms with Gasteiger partial charge in [-0.15, -0.1) is 11.3 Å². The number of aromatic nitrogens is 2. The van der Waals surface area contributed by atoms with Crippen molar-refractivity contribution < 1.29 is 17.6 Å². The van der Waals surface area contributed by atoms with Gasteiger partial charge in [-0.05, 0) is 25.1 Å². The minimum atomic E-state index is -4.46. The van der Waals surface area contributed by atoms with Crippen molar-refractivity contribution in [2.24, 2.45) is 0 Å². The number of halogens is 4. The molecular weight excluding hydrogens is 306 g/mol. The van der Waals surface area contributed by atoms with Crippen molar-refractivity contribution in [2.75, 3.05) is 6.54 Å². The second-order valence-electron chi connectivity index (χ2n) is 4.35. The minimum Gasteiger partial charge on any atom is -0.304 e. The van der Waals surface area contributed by atoms with Gasteiger partial charge in [0.1, 0.15) is 5.82 Å². The van der Waals surface area contributed by atoms with E-state index < -0.39 is 23.0 Å². The Kier molecular flexibility index (Phi) is 4.89. The maximum atomic E-state index is 12.9. The molecule has 114 valence electrons.